The highest BCUT2D eigenvalue weighted by atomic mass is 16.2. The third-order valence-electron chi connectivity index (χ3n) is 4.58. The fraction of sp³-hybridized carbons (Fsp3) is 0.706. The van der Waals surface area contributed by atoms with Gasteiger partial charge in [-0.25, -0.2) is 0 Å². The number of rotatable bonds is 8. The lowest BCUT2D eigenvalue weighted by atomic mass is 10.0. The van der Waals surface area contributed by atoms with Crippen LogP contribution in [0.2, 0.25) is 0 Å². The average molecular weight is 261 g/mol. The van der Waals surface area contributed by atoms with Gasteiger partial charge in [0.15, 0.2) is 0 Å². The second kappa shape index (κ2) is 5.94. The molecule has 2 heteroatoms. The molecule has 2 fully saturated rings. The van der Waals surface area contributed by atoms with Crippen LogP contribution in [0.25, 0.3) is 0 Å². The molecule has 2 aliphatic carbocycles. The molecule has 2 nitrogen and oxygen atoms in total. The molecular formula is C17H27NO. The first kappa shape index (κ1) is 14.4. The van der Waals surface area contributed by atoms with Crippen LogP contribution in [0.1, 0.15) is 52.4 Å². The van der Waals surface area contributed by atoms with E-state index in [1.807, 2.05) is 4.90 Å². The molecule has 0 saturated heterocycles. The minimum Gasteiger partial charge on any atom is -0.319 e. The van der Waals surface area contributed by atoms with E-state index in [4.69, 9.17) is 0 Å². The topological polar surface area (TPSA) is 20.3 Å². The molecule has 0 N–H and O–H groups in total. The average Bonchev–Trinajstić information content (AvgIpc) is 3.29. The molecule has 2 atom stereocenters. The Balaban J connectivity index is 1.77. The molecule has 0 spiro atoms. The van der Waals surface area contributed by atoms with Gasteiger partial charge in [-0.3, -0.25) is 4.79 Å². The number of hydrogen-bond donors (Lipinski definition) is 0. The summed E-state index contributed by atoms with van der Waals surface area (Å²) in [6, 6.07) is 0. The number of carbonyl (C=O) groups excluding carboxylic acids is 1. The third kappa shape index (κ3) is 3.71. The van der Waals surface area contributed by atoms with Gasteiger partial charge in [-0.2, -0.15) is 0 Å². The fourth-order valence-electron chi connectivity index (χ4n) is 2.92. The summed E-state index contributed by atoms with van der Waals surface area (Å²) in [4.78, 5) is 14.0. The Kier molecular flexibility index (Phi) is 4.49. The van der Waals surface area contributed by atoms with E-state index in [-0.39, 0.29) is 0 Å². The van der Waals surface area contributed by atoms with Crippen molar-refractivity contribution < 1.29 is 4.79 Å². The number of nitrogens with zero attached hydrogens (tertiary/aromatic N) is 1. The van der Waals surface area contributed by atoms with Crippen LogP contribution < -0.4 is 0 Å². The van der Waals surface area contributed by atoms with Gasteiger partial charge in [-0.15, -0.1) is 0 Å². The Morgan fingerprint density at radius 1 is 1.42 bits per heavy atom. The normalized spacial score (nSPS) is 29.5. The first-order valence-corrected chi connectivity index (χ1v) is 7.68. The molecule has 2 rings (SSSR count). The van der Waals surface area contributed by atoms with Crippen molar-refractivity contribution in [2.75, 3.05) is 6.54 Å². The van der Waals surface area contributed by atoms with Crippen molar-refractivity contribution in [2.24, 2.45) is 17.3 Å². The molecule has 2 unspecified atom stereocenters. The van der Waals surface area contributed by atoms with E-state index in [9.17, 15) is 4.79 Å². The minimum atomic E-state index is 0.297. The van der Waals surface area contributed by atoms with Crippen molar-refractivity contribution in [3.8, 4) is 0 Å². The van der Waals surface area contributed by atoms with Crippen LogP contribution in [0.5, 0.6) is 0 Å². The van der Waals surface area contributed by atoms with E-state index in [1.54, 1.807) is 6.20 Å². The number of hydrogen-bond acceptors (Lipinski definition) is 1. The van der Waals surface area contributed by atoms with Gasteiger partial charge in [0.2, 0.25) is 5.91 Å². The molecule has 106 valence electrons. The molecule has 2 saturated carbocycles. The Labute approximate surface area is 117 Å². The Morgan fingerprint density at radius 2 is 2.16 bits per heavy atom. The van der Waals surface area contributed by atoms with Crippen LogP contribution in [0.15, 0.2) is 24.9 Å². The second-order valence-corrected chi connectivity index (χ2v) is 6.44. The summed E-state index contributed by atoms with van der Waals surface area (Å²) in [6.07, 6.45) is 13.2. The number of carbonyl (C=O) groups is 1. The molecule has 2 aliphatic rings. The summed E-state index contributed by atoms with van der Waals surface area (Å²) < 4.78 is 0. The zero-order valence-electron chi connectivity index (χ0n) is 12.4. The van der Waals surface area contributed by atoms with Gasteiger partial charge in [0, 0.05) is 12.5 Å². The predicted octanol–water partition coefficient (Wildman–Crippen LogP) is 4.14. The van der Waals surface area contributed by atoms with Crippen LogP contribution in [0.4, 0.5) is 0 Å². The Morgan fingerprint density at radius 3 is 2.74 bits per heavy atom. The van der Waals surface area contributed by atoms with Crippen molar-refractivity contribution in [1.29, 1.82) is 0 Å². The SMILES string of the molecule is C=CN(CC1(C)CC1CC/C=C\CC)C(=O)C1CC1. The monoisotopic (exact) mass is 261 g/mol. The van der Waals surface area contributed by atoms with Gasteiger partial charge in [0.05, 0.1) is 0 Å². The van der Waals surface area contributed by atoms with Crippen LogP contribution >= 0.6 is 0 Å². The van der Waals surface area contributed by atoms with E-state index in [0.29, 0.717) is 17.2 Å². The van der Waals surface area contributed by atoms with Gasteiger partial charge >= 0.3 is 0 Å². The Bertz CT molecular complexity index is 369. The molecule has 0 aromatic rings. The van der Waals surface area contributed by atoms with Crippen molar-refractivity contribution in [1.82, 2.24) is 4.90 Å². The standard InChI is InChI=1S/C17H27NO/c1-4-6-7-8-9-15-12-17(15,3)13-18(5-2)16(19)14-10-11-14/h5-7,14-15H,2,4,8-13H2,1,3H3/b7-6-. The summed E-state index contributed by atoms with van der Waals surface area (Å²) >= 11 is 0. The van der Waals surface area contributed by atoms with Gasteiger partial charge in [0.1, 0.15) is 0 Å². The lowest BCUT2D eigenvalue weighted by molar-refractivity contribution is -0.130. The Hall–Kier alpha value is -1.05. The molecule has 0 radical (unpaired) electrons. The summed E-state index contributed by atoms with van der Waals surface area (Å²) in [7, 11) is 0. The van der Waals surface area contributed by atoms with Crippen molar-refractivity contribution >= 4 is 5.91 Å². The number of allylic oxidation sites excluding steroid dienone is 2. The van der Waals surface area contributed by atoms with Crippen molar-refractivity contribution in [2.45, 2.75) is 52.4 Å². The zero-order valence-corrected chi connectivity index (χ0v) is 12.4. The zero-order chi connectivity index (χ0) is 13.9. The van der Waals surface area contributed by atoms with E-state index in [1.165, 1.54) is 19.3 Å². The first-order valence-electron chi connectivity index (χ1n) is 7.68. The maximum atomic E-state index is 12.1. The lowest BCUT2D eigenvalue weighted by Gasteiger charge is -2.23. The maximum Gasteiger partial charge on any atom is 0.229 e. The minimum absolute atomic E-state index is 0.297. The van der Waals surface area contributed by atoms with E-state index in [2.05, 4.69) is 32.6 Å². The molecule has 0 aliphatic heterocycles. The summed E-state index contributed by atoms with van der Waals surface area (Å²) in [5.74, 6) is 1.38. The smallest absolute Gasteiger partial charge is 0.229 e. The van der Waals surface area contributed by atoms with Crippen LogP contribution in [0.3, 0.4) is 0 Å². The molecule has 0 heterocycles. The van der Waals surface area contributed by atoms with Gasteiger partial charge in [-0.05, 0) is 56.1 Å². The largest absolute Gasteiger partial charge is 0.319 e. The van der Waals surface area contributed by atoms with Crippen LogP contribution in [-0.2, 0) is 4.79 Å². The molecule has 19 heavy (non-hydrogen) atoms. The van der Waals surface area contributed by atoms with E-state index in [0.717, 1.165) is 31.7 Å². The van der Waals surface area contributed by atoms with E-state index >= 15 is 0 Å². The quantitative estimate of drug-likeness (QED) is 0.601. The van der Waals surface area contributed by atoms with Gasteiger partial charge < -0.3 is 4.90 Å². The molecular weight excluding hydrogens is 234 g/mol. The summed E-state index contributed by atoms with van der Waals surface area (Å²) in [6.45, 7) is 9.17. The van der Waals surface area contributed by atoms with Crippen LogP contribution in [0, 0.1) is 17.3 Å². The highest BCUT2D eigenvalue weighted by molar-refractivity contribution is 5.82. The van der Waals surface area contributed by atoms with Gasteiger partial charge in [-0.1, -0.05) is 32.6 Å². The first-order chi connectivity index (χ1) is 9.10. The van der Waals surface area contributed by atoms with Crippen molar-refractivity contribution in [3.63, 3.8) is 0 Å². The highest BCUT2D eigenvalue weighted by Crippen LogP contribution is 2.55. The predicted molar refractivity (Wildman–Crippen MR) is 79.5 cm³/mol. The molecule has 0 aromatic carbocycles. The van der Waals surface area contributed by atoms with Crippen LogP contribution in [-0.4, -0.2) is 17.4 Å². The van der Waals surface area contributed by atoms with Gasteiger partial charge in [0.25, 0.3) is 0 Å². The molecule has 0 bridgehead atoms. The summed E-state index contributed by atoms with van der Waals surface area (Å²) in [5, 5.41) is 0. The fourth-order valence-corrected chi connectivity index (χ4v) is 2.92. The molecule has 0 aromatic heterocycles. The highest BCUT2D eigenvalue weighted by Gasteiger charge is 2.50. The third-order valence-corrected chi connectivity index (χ3v) is 4.58. The van der Waals surface area contributed by atoms with E-state index < -0.39 is 0 Å². The van der Waals surface area contributed by atoms with Crippen molar-refractivity contribution in [3.05, 3.63) is 24.9 Å². The lowest BCUT2D eigenvalue weighted by Crippen LogP contribution is -2.32. The summed E-state index contributed by atoms with van der Waals surface area (Å²) in [5.41, 5.74) is 0.332. The number of amides is 1. The second-order valence-electron chi connectivity index (χ2n) is 6.44. The molecule has 1 amide bonds. The maximum absolute atomic E-state index is 12.1.